The summed E-state index contributed by atoms with van der Waals surface area (Å²) in [6, 6.07) is 7.97. The summed E-state index contributed by atoms with van der Waals surface area (Å²) in [6.07, 6.45) is 3.48. The average molecular weight is 202 g/mol. The molecule has 3 nitrogen and oxygen atoms in total. The summed E-state index contributed by atoms with van der Waals surface area (Å²) >= 11 is 0. The van der Waals surface area contributed by atoms with Crippen LogP contribution in [0.25, 0.3) is 10.9 Å². The quantitative estimate of drug-likeness (QED) is 0.768. The molecular formula is C12H14N2O. The molecule has 78 valence electrons. The van der Waals surface area contributed by atoms with Crippen molar-refractivity contribution in [1.82, 2.24) is 4.57 Å². The molecule has 3 heteroatoms. The minimum absolute atomic E-state index is 0.107. The normalized spacial score (nSPS) is 12.9. The molecule has 1 atom stereocenters. The molecule has 2 aromatic rings. The number of hydrogen-bond acceptors (Lipinski definition) is 2. The van der Waals surface area contributed by atoms with Crippen LogP contribution in [0.4, 0.5) is 0 Å². The second-order valence-electron chi connectivity index (χ2n) is 3.87. The van der Waals surface area contributed by atoms with Crippen LogP contribution in [-0.2, 0) is 11.2 Å². The molecule has 0 bridgehead atoms. The topological polar surface area (TPSA) is 48.0 Å². The molecule has 1 heterocycles. The van der Waals surface area contributed by atoms with Crippen LogP contribution in [0, 0.1) is 0 Å². The monoisotopic (exact) mass is 202 g/mol. The van der Waals surface area contributed by atoms with Crippen LogP contribution in [0.2, 0.25) is 0 Å². The highest BCUT2D eigenvalue weighted by atomic mass is 16.1. The molecule has 0 spiro atoms. The van der Waals surface area contributed by atoms with Gasteiger partial charge in [-0.15, -0.1) is 0 Å². The number of carbonyl (C=O) groups is 1. The Kier molecular flexibility index (Phi) is 2.56. The van der Waals surface area contributed by atoms with Crippen LogP contribution in [-0.4, -0.2) is 17.0 Å². The predicted octanol–water partition coefficient (Wildman–Crippen LogP) is 1.57. The molecule has 0 aliphatic heterocycles. The number of aromatic nitrogens is 1. The maximum Gasteiger partial charge on any atom is 0.218 e. The maximum atomic E-state index is 10.9. The largest absolute Gasteiger partial charge is 0.328 e. The smallest absolute Gasteiger partial charge is 0.218 e. The number of carbonyl (C=O) groups excluding carboxylic acids is 1. The van der Waals surface area contributed by atoms with Gasteiger partial charge in [0, 0.05) is 17.6 Å². The number of nitrogens with two attached hydrogens (primary N) is 1. The highest BCUT2D eigenvalue weighted by Gasteiger charge is 2.08. The van der Waals surface area contributed by atoms with Gasteiger partial charge in [0.2, 0.25) is 6.41 Å². The van der Waals surface area contributed by atoms with Gasteiger partial charge in [-0.25, -0.2) is 0 Å². The van der Waals surface area contributed by atoms with Gasteiger partial charge in [-0.05, 0) is 25.0 Å². The van der Waals surface area contributed by atoms with Gasteiger partial charge in [-0.3, -0.25) is 9.36 Å². The molecule has 0 saturated carbocycles. The third kappa shape index (κ3) is 1.78. The summed E-state index contributed by atoms with van der Waals surface area (Å²) in [5.74, 6) is 0. The summed E-state index contributed by atoms with van der Waals surface area (Å²) in [4.78, 5) is 10.9. The Labute approximate surface area is 88.5 Å². The van der Waals surface area contributed by atoms with Crippen LogP contribution >= 0.6 is 0 Å². The van der Waals surface area contributed by atoms with E-state index in [0.717, 1.165) is 29.3 Å². The van der Waals surface area contributed by atoms with Crippen molar-refractivity contribution in [3.05, 3.63) is 36.0 Å². The first-order valence-electron chi connectivity index (χ1n) is 5.01. The molecule has 1 aromatic carbocycles. The molecule has 0 amide bonds. The third-order valence-corrected chi connectivity index (χ3v) is 2.48. The van der Waals surface area contributed by atoms with E-state index in [2.05, 4.69) is 0 Å². The first-order valence-corrected chi connectivity index (χ1v) is 5.01. The van der Waals surface area contributed by atoms with Gasteiger partial charge in [0.1, 0.15) is 0 Å². The molecule has 15 heavy (non-hydrogen) atoms. The summed E-state index contributed by atoms with van der Waals surface area (Å²) in [7, 11) is 0. The standard InChI is InChI=1S/C12H14N2O/c1-9(13)6-10-7-14(8-15)12-5-3-2-4-11(10)12/h2-5,7-9H,6,13H2,1H3. The van der Waals surface area contributed by atoms with Gasteiger partial charge < -0.3 is 5.73 Å². The number of fused-ring (bicyclic) bond motifs is 1. The second kappa shape index (κ2) is 3.87. The summed E-state index contributed by atoms with van der Waals surface area (Å²) in [6.45, 7) is 1.97. The number of nitrogens with zero attached hydrogens (tertiary/aromatic N) is 1. The fraction of sp³-hybridized carbons (Fsp3) is 0.250. The third-order valence-electron chi connectivity index (χ3n) is 2.48. The Hall–Kier alpha value is -1.61. The zero-order chi connectivity index (χ0) is 10.8. The van der Waals surface area contributed by atoms with E-state index in [1.807, 2.05) is 37.4 Å². The summed E-state index contributed by atoms with van der Waals surface area (Å²) < 4.78 is 1.60. The second-order valence-corrected chi connectivity index (χ2v) is 3.87. The Bertz CT molecular complexity index is 485. The lowest BCUT2D eigenvalue weighted by atomic mass is 10.1. The van der Waals surface area contributed by atoms with E-state index in [-0.39, 0.29) is 6.04 Å². The van der Waals surface area contributed by atoms with Crippen molar-refractivity contribution in [1.29, 1.82) is 0 Å². The molecule has 0 fully saturated rings. The molecule has 1 unspecified atom stereocenters. The van der Waals surface area contributed by atoms with Crippen molar-refractivity contribution < 1.29 is 4.79 Å². The number of para-hydroxylation sites is 1. The first-order chi connectivity index (χ1) is 7.22. The Morgan fingerprint density at radius 2 is 2.20 bits per heavy atom. The Morgan fingerprint density at radius 1 is 1.47 bits per heavy atom. The number of benzene rings is 1. The highest BCUT2D eigenvalue weighted by Crippen LogP contribution is 2.21. The van der Waals surface area contributed by atoms with Gasteiger partial charge >= 0.3 is 0 Å². The highest BCUT2D eigenvalue weighted by molar-refractivity contribution is 5.88. The zero-order valence-electron chi connectivity index (χ0n) is 8.68. The zero-order valence-corrected chi connectivity index (χ0v) is 8.68. The Balaban J connectivity index is 2.59. The average Bonchev–Trinajstić information content (AvgIpc) is 2.56. The molecule has 2 N–H and O–H groups in total. The predicted molar refractivity (Wildman–Crippen MR) is 61.4 cm³/mol. The number of rotatable bonds is 3. The van der Waals surface area contributed by atoms with Crippen molar-refractivity contribution in [3.63, 3.8) is 0 Å². The number of hydrogen-bond donors (Lipinski definition) is 1. The van der Waals surface area contributed by atoms with Gasteiger partial charge in [0.25, 0.3) is 0 Å². The van der Waals surface area contributed by atoms with E-state index in [0.29, 0.717) is 0 Å². The Morgan fingerprint density at radius 3 is 2.87 bits per heavy atom. The van der Waals surface area contributed by atoms with Crippen molar-refractivity contribution in [2.75, 3.05) is 0 Å². The van der Waals surface area contributed by atoms with Crippen LogP contribution in [0.5, 0.6) is 0 Å². The van der Waals surface area contributed by atoms with E-state index in [9.17, 15) is 4.79 Å². The molecule has 1 aromatic heterocycles. The molecule has 0 aliphatic rings. The molecule has 0 aliphatic carbocycles. The van der Waals surface area contributed by atoms with Crippen LogP contribution in [0.1, 0.15) is 12.5 Å². The molecular weight excluding hydrogens is 188 g/mol. The van der Waals surface area contributed by atoms with E-state index in [1.165, 1.54) is 0 Å². The van der Waals surface area contributed by atoms with Crippen LogP contribution in [0.3, 0.4) is 0 Å². The van der Waals surface area contributed by atoms with Crippen LogP contribution < -0.4 is 5.73 Å². The van der Waals surface area contributed by atoms with Gasteiger partial charge in [-0.2, -0.15) is 0 Å². The van der Waals surface area contributed by atoms with Crippen molar-refractivity contribution in [3.8, 4) is 0 Å². The van der Waals surface area contributed by atoms with Crippen molar-refractivity contribution in [2.45, 2.75) is 19.4 Å². The van der Waals surface area contributed by atoms with Crippen molar-refractivity contribution in [2.24, 2.45) is 5.73 Å². The van der Waals surface area contributed by atoms with Gasteiger partial charge in [0.05, 0.1) is 5.52 Å². The van der Waals surface area contributed by atoms with Gasteiger partial charge in [-0.1, -0.05) is 18.2 Å². The maximum absolute atomic E-state index is 10.9. The molecule has 0 saturated heterocycles. The fourth-order valence-corrected chi connectivity index (χ4v) is 1.87. The minimum atomic E-state index is 0.107. The van der Waals surface area contributed by atoms with E-state index in [1.54, 1.807) is 4.57 Å². The van der Waals surface area contributed by atoms with E-state index >= 15 is 0 Å². The van der Waals surface area contributed by atoms with E-state index < -0.39 is 0 Å². The summed E-state index contributed by atoms with van der Waals surface area (Å²) in [5, 5.41) is 1.11. The lowest BCUT2D eigenvalue weighted by Crippen LogP contribution is -2.17. The summed E-state index contributed by atoms with van der Waals surface area (Å²) in [5.41, 5.74) is 7.85. The lowest BCUT2D eigenvalue weighted by molar-refractivity contribution is 0.549. The van der Waals surface area contributed by atoms with Crippen LogP contribution in [0.15, 0.2) is 30.5 Å². The molecule has 0 radical (unpaired) electrons. The lowest BCUT2D eigenvalue weighted by Gasteiger charge is -2.02. The van der Waals surface area contributed by atoms with Gasteiger partial charge in [0.15, 0.2) is 0 Å². The SMILES string of the molecule is CC(N)Cc1cn(C=O)c2ccccc12. The fourth-order valence-electron chi connectivity index (χ4n) is 1.87. The van der Waals surface area contributed by atoms with Crippen molar-refractivity contribution >= 4 is 17.3 Å². The van der Waals surface area contributed by atoms with E-state index in [4.69, 9.17) is 5.73 Å². The molecule has 2 rings (SSSR count). The first kappa shape index (κ1) is 9.93. The minimum Gasteiger partial charge on any atom is -0.328 e.